The lowest BCUT2D eigenvalue weighted by Gasteiger charge is -2.31. The molecule has 40 heavy (non-hydrogen) atoms. The number of piperidine rings is 1. The molecular formula is C31H38N4O4S. The SMILES string of the molecule is C=C(C)c1cccc(C(C)(C)NC(=O)Nc2ccc(N3CCCCC3)c(S(=O)(=O)Nc3ccccc3OC)c2)c1. The molecule has 4 rings (SSSR count). The van der Waals surface area contributed by atoms with E-state index in [9.17, 15) is 13.2 Å². The van der Waals surface area contributed by atoms with E-state index in [0.29, 0.717) is 22.8 Å². The Morgan fingerprint density at radius 1 is 0.975 bits per heavy atom. The zero-order valence-corrected chi connectivity index (χ0v) is 24.4. The number of benzene rings is 3. The first kappa shape index (κ1) is 29.0. The summed E-state index contributed by atoms with van der Waals surface area (Å²) in [6.45, 7) is 11.3. The van der Waals surface area contributed by atoms with Gasteiger partial charge in [0.1, 0.15) is 10.6 Å². The van der Waals surface area contributed by atoms with Gasteiger partial charge in [0.05, 0.1) is 24.0 Å². The number of ether oxygens (including phenoxy) is 1. The smallest absolute Gasteiger partial charge is 0.319 e. The summed E-state index contributed by atoms with van der Waals surface area (Å²) in [6.07, 6.45) is 3.09. The van der Waals surface area contributed by atoms with Gasteiger partial charge < -0.3 is 20.3 Å². The average Bonchev–Trinajstić information content (AvgIpc) is 2.93. The van der Waals surface area contributed by atoms with E-state index < -0.39 is 21.6 Å². The molecule has 0 atom stereocenters. The minimum atomic E-state index is -4.03. The maximum absolute atomic E-state index is 13.7. The van der Waals surface area contributed by atoms with E-state index in [4.69, 9.17) is 4.74 Å². The number of anilines is 3. The molecular weight excluding hydrogens is 524 g/mol. The fourth-order valence-corrected chi connectivity index (χ4v) is 6.15. The maximum Gasteiger partial charge on any atom is 0.319 e. The van der Waals surface area contributed by atoms with Crippen LogP contribution in [0.5, 0.6) is 5.75 Å². The number of hydrogen-bond acceptors (Lipinski definition) is 5. The molecule has 0 spiro atoms. The van der Waals surface area contributed by atoms with Crippen LogP contribution in [0.3, 0.4) is 0 Å². The van der Waals surface area contributed by atoms with Crippen LogP contribution in [0.4, 0.5) is 21.9 Å². The number of carbonyl (C=O) groups is 1. The number of hydrogen-bond donors (Lipinski definition) is 3. The number of carbonyl (C=O) groups excluding carboxylic acids is 1. The highest BCUT2D eigenvalue weighted by Crippen LogP contribution is 2.34. The number of amides is 2. The number of sulfonamides is 1. The first-order valence-corrected chi connectivity index (χ1v) is 14.9. The van der Waals surface area contributed by atoms with Crippen LogP contribution in [-0.2, 0) is 15.6 Å². The van der Waals surface area contributed by atoms with E-state index in [1.807, 2.05) is 45.0 Å². The average molecular weight is 563 g/mol. The molecule has 3 aromatic rings. The van der Waals surface area contributed by atoms with Gasteiger partial charge in [0.2, 0.25) is 0 Å². The van der Waals surface area contributed by atoms with Gasteiger partial charge in [0, 0.05) is 18.8 Å². The Morgan fingerprint density at radius 2 is 1.70 bits per heavy atom. The van der Waals surface area contributed by atoms with Crippen LogP contribution in [0.15, 0.2) is 78.2 Å². The van der Waals surface area contributed by atoms with Gasteiger partial charge in [-0.25, -0.2) is 13.2 Å². The summed E-state index contributed by atoms with van der Waals surface area (Å²) in [7, 11) is -2.54. The van der Waals surface area contributed by atoms with Crippen molar-refractivity contribution in [3.8, 4) is 5.75 Å². The largest absolute Gasteiger partial charge is 0.495 e. The lowest BCUT2D eigenvalue weighted by molar-refractivity contribution is 0.242. The van der Waals surface area contributed by atoms with Gasteiger partial charge in [0.25, 0.3) is 10.0 Å². The Labute approximate surface area is 237 Å². The first-order valence-electron chi connectivity index (χ1n) is 13.4. The highest BCUT2D eigenvalue weighted by molar-refractivity contribution is 7.93. The number of nitrogens with zero attached hydrogens (tertiary/aromatic N) is 1. The summed E-state index contributed by atoms with van der Waals surface area (Å²) in [4.78, 5) is 15.3. The van der Waals surface area contributed by atoms with Crippen molar-refractivity contribution in [3.63, 3.8) is 0 Å². The van der Waals surface area contributed by atoms with Crippen LogP contribution in [0.1, 0.15) is 51.2 Å². The van der Waals surface area contributed by atoms with Crippen molar-refractivity contribution < 1.29 is 17.9 Å². The Kier molecular flexibility index (Phi) is 8.73. The third-order valence-corrected chi connectivity index (χ3v) is 8.45. The van der Waals surface area contributed by atoms with Gasteiger partial charge in [-0.2, -0.15) is 0 Å². The van der Waals surface area contributed by atoms with Gasteiger partial charge in [-0.15, -0.1) is 0 Å². The number of methoxy groups -OCH3 is 1. The Hall–Kier alpha value is -3.98. The molecule has 0 unspecified atom stereocenters. The van der Waals surface area contributed by atoms with Crippen LogP contribution >= 0.6 is 0 Å². The van der Waals surface area contributed by atoms with Gasteiger partial charge in [-0.1, -0.05) is 42.5 Å². The summed E-state index contributed by atoms with van der Waals surface area (Å²) < 4.78 is 35.5. The van der Waals surface area contributed by atoms with Crippen LogP contribution < -0.4 is 25.0 Å². The summed E-state index contributed by atoms with van der Waals surface area (Å²) >= 11 is 0. The third kappa shape index (κ3) is 6.77. The van der Waals surface area contributed by atoms with E-state index >= 15 is 0 Å². The van der Waals surface area contributed by atoms with Gasteiger partial charge in [-0.05, 0) is 87.6 Å². The molecule has 0 aliphatic carbocycles. The molecule has 9 heteroatoms. The lowest BCUT2D eigenvalue weighted by Crippen LogP contribution is -2.43. The van der Waals surface area contributed by atoms with Gasteiger partial charge in [-0.3, -0.25) is 4.72 Å². The van der Waals surface area contributed by atoms with E-state index in [1.54, 1.807) is 36.4 Å². The number of urea groups is 1. The van der Waals surface area contributed by atoms with E-state index in [0.717, 1.165) is 49.1 Å². The molecule has 8 nitrogen and oxygen atoms in total. The topological polar surface area (TPSA) is 99.8 Å². The van der Waals surface area contributed by atoms with Crippen molar-refractivity contribution in [2.45, 2.75) is 50.5 Å². The van der Waals surface area contributed by atoms with Crippen molar-refractivity contribution in [3.05, 3.63) is 84.4 Å². The molecule has 1 aliphatic rings. The lowest BCUT2D eigenvalue weighted by atomic mass is 9.92. The normalized spacial score (nSPS) is 13.8. The molecule has 0 saturated carbocycles. The second-order valence-electron chi connectivity index (χ2n) is 10.6. The second kappa shape index (κ2) is 12.0. The zero-order chi connectivity index (χ0) is 28.9. The quantitative estimate of drug-likeness (QED) is 0.274. The van der Waals surface area contributed by atoms with Crippen LogP contribution in [0.2, 0.25) is 0 Å². The molecule has 212 valence electrons. The van der Waals surface area contributed by atoms with Crippen molar-refractivity contribution in [2.24, 2.45) is 0 Å². The summed E-state index contributed by atoms with van der Waals surface area (Å²) in [5.41, 5.74) is 3.47. The highest BCUT2D eigenvalue weighted by atomic mass is 32.2. The predicted octanol–water partition coefficient (Wildman–Crippen LogP) is 6.58. The van der Waals surface area contributed by atoms with Crippen molar-refractivity contribution >= 4 is 38.7 Å². The molecule has 1 saturated heterocycles. The third-order valence-electron chi connectivity index (χ3n) is 7.06. The molecule has 0 aromatic heterocycles. The maximum atomic E-state index is 13.7. The molecule has 3 aromatic carbocycles. The number of allylic oxidation sites excluding steroid dienone is 1. The van der Waals surface area contributed by atoms with Crippen LogP contribution in [-0.4, -0.2) is 34.6 Å². The summed E-state index contributed by atoms with van der Waals surface area (Å²) in [5, 5.41) is 5.84. The Bertz CT molecular complexity index is 1490. The molecule has 0 radical (unpaired) electrons. The molecule has 1 heterocycles. The van der Waals surface area contributed by atoms with Crippen molar-refractivity contribution in [1.29, 1.82) is 0 Å². The predicted molar refractivity (Wildman–Crippen MR) is 163 cm³/mol. The molecule has 1 fully saturated rings. The fraction of sp³-hybridized carbons (Fsp3) is 0.323. The minimum Gasteiger partial charge on any atom is -0.495 e. The molecule has 1 aliphatic heterocycles. The standard InChI is InChI=1S/C31H38N4O4S/c1-22(2)23-12-11-13-24(20-23)31(3,4)33-30(36)32-25-16-17-27(35-18-9-6-10-19-35)29(21-25)40(37,38)34-26-14-7-8-15-28(26)39-5/h7-8,11-17,20-21,34H,1,6,9-10,18-19H2,2-5H3,(H2,32,33,36). The van der Waals surface area contributed by atoms with Gasteiger partial charge in [0.15, 0.2) is 0 Å². The Morgan fingerprint density at radius 3 is 2.40 bits per heavy atom. The zero-order valence-electron chi connectivity index (χ0n) is 23.6. The molecule has 2 amide bonds. The fourth-order valence-electron chi connectivity index (χ4n) is 4.82. The molecule has 0 bridgehead atoms. The number of para-hydroxylation sites is 2. The Balaban J connectivity index is 1.62. The van der Waals surface area contributed by atoms with Crippen molar-refractivity contribution in [1.82, 2.24) is 5.32 Å². The van der Waals surface area contributed by atoms with Crippen molar-refractivity contribution in [2.75, 3.05) is 35.1 Å². The van der Waals surface area contributed by atoms with Crippen LogP contribution in [0.25, 0.3) is 5.57 Å². The van der Waals surface area contributed by atoms with Crippen LogP contribution in [0, 0.1) is 0 Å². The summed E-state index contributed by atoms with van der Waals surface area (Å²) in [6, 6.07) is 19.3. The summed E-state index contributed by atoms with van der Waals surface area (Å²) in [5.74, 6) is 0.414. The highest BCUT2D eigenvalue weighted by Gasteiger charge is 2.27. The monoisotopic (exact) mass is 562 g/mol. The number of rotatable bonds is 9. The number of nitrogens with one attached hydrogen (secondary N) is 3. The molecule has 3 N–H and O–H groups in total. The van der Waals surface area contributed by atoms with E-state index in [1.165, 1.54) is 13.2 Å². The first-order chi connectivity index (χ1) is 19.0. The van der Waals surface area contributed by atoms with E-state index in [-0.39, 0.29) is 4.90 Å². The van der Waals surface area contributed by atoms with Gasteiger partial charge >= 0.3 is 6.03 Å². The minimum absolute atomic E-state index is 0.0894. The second-order valence-corrected chi connectivity index (χ2v) is 12.3. The van der Waals surface area contributed by atoms with E-state index in [2.05, 4.69) is 26.8 Å².